The molecule has 12 rings (SSSR count). The van der Waals surface area contributed by atoms with Crippen LogP contribution >= 0.6 is 0 Å². The molecule has 1 N–H and O–H groups in total. The van der Waals surface area contributed by atoms with E-state index in [1.807, 2.05) is 0 Å². The summed E-state index contributed by atoms with van der Waals surface area (Å²) in [6, 6.07) is 78.3. The van der Waals surface area contributed by atoms with Crippen LogP contribution < -0.4 is 10.2 Å². The first-order valence-electron chi connectivity index (χ1n) is 19.8. The molecule has 0 heterocycles. The molecule has 0 atom stereocenters. The second-order valence-corrected chi connectivity index (χ2v) is 15.3. The lowest BCUT2D eigenvalue weighted by molar-refractivity contribution is 0.794. The predicted molar refractivity (Wildman–Crippen MR) is 240 cm³/mol. The van der Waals surface area contributed by atoms with Crippen molar-refractivity contribution in [3.8, 4) is 22.3 Å². The Labute approximate surface area is 331 Å². The Morgan fingerprint density at radius 3 is 1.42 bits per heavy atom. The van der Waals surface area contributed by atoms with Gasteiger partial charge < -0.3 is 10.2 Å². The summed E-state index contributed by atoms with van der Waals surface area (Å²) >= 11 is 0. The molecule has 0 saturated heterocycles. The number of hydrogen-bond acceptors (Lipinski definition) is 2. The largest absolute Gasteiger partial charge is 0.355 e. The fourth-order valence-electron chi connectivity index (χ4n) is 10.0. The summed E-state index contributed by atoms with van der Waals surface area (Å²) in [5, 5.41) is 11.2. The molecule has 0 radical (unpaired) electrons. The van der Waals surface area contributed by atoms with E-state index in [1.165, 1.54) is 76.8 Å². The zero-order valence-electron chi connectivity index (χ0n) is 31.2. The maximum atomic E-state index is 3.86. The van der Waals surface area contributed by atoms with E-state index in [0.29, 0.717) is 0 Å². The Hall–Kier alpha value is -7.42. The Morgan fingerprint density at radius 2 is 0.789 bits per heavy atom. The van der Waals surface area contributed by atoms with Crippen molar-refractivity contribution in [2.45, 2.75) is 5.41 Å². The summed E-state index contributed by atoms with van der Waals surface area (Å²) in [6.45, 7) is 0. The van der Waals surface area contributed by atoms with Gasteiger partial charge in [0.15, 0.2) is 0 Å². The van der Waals surface area contributed by atoms with Gasteiger partial charge in [-0.2, -0.15) is 0 Å². The zero-order valence-corrected chi connectivity index (χ0v) is 31.2. The third-order valence-electron chi connectivity index (χ3n) is 12.4. The molecule has 2 heteroatoms. The third-order valence-corrected chi connectivity index (χ3v) is 12.4. The maximum Gasteiger partial charge on any atom is 0.0727 e. The highest BCUT2D eigenvalue weighted by Crippen LogP contribution is 2.64. The van der Waals surface area contributed by atoms with E-state index < -0.39 is 5.41 Å². The van der Waals surface area contributed by atoms with Gasteiger partial charge in [0.2, 0.25) is 0 Å². The number of benzene rings is 10. The summed E-state index contributed by atoms with van der Waals surface area (Å²) < 4.78 is 0. The topological polar surface area (TPSA) is 15.3 Å². The van der Waals surface area contributed by atoms with E-state index in [-0.39, 0.29) is 0 Å². The molecular formula is C55H36N2. The van der Waals surface area contributed by atoms with Gasteiger partial charge in [0, 0.05) is 33.2 Å². The van der Waals surface area contributed by atoms with Gasteiger partial charge in [-0.15, -0.1) is 0 Å². The summed E-state index contributed by atoms with van der Waals surface area (Å²) in [5.41, 5.74) is 15.5. The summed E-state index contributed by atoms with van der Waals surface area (Å²) in [5.74, 6) is 0. The average Bonchev–Trinajstić information content (AvgIpc) is 3.73. The van der Waals surface area contributed by atoms with Crippen LogP contribution in [0.1, 0.15) is 22.3 Å². The summed E-state index contributed by atoms with van der Waals surface area (Å²) in [6.07, 6.45) is 0. The number of hydrogen-bond donors (Lipinski definition) is 1. The monoisotopic (exact) mass is 724 g/mol. The average molecular weight is 725 g/mol. The van der Waals surface area contributed by atoms with Crippen molar-refractivity contribution in [1.29, 1.82) is 0 Å². The molecule has 0 aromatic heterocycles. The smallest absolute Gasteiger partial charge is 0.0727 e. The highest BCUT2D eigenvalue weighted by Gasteiger charge is 2.52. The third kappa shape index (κ3) is 4.59. The molecule has 0 saturated carbocycles. The van der Waals surface area contributed by atoms with Crippen LogP contribution in [-0.4, -0.2) is 0 Å². The lowest BCUT2D eigenvalue weighted by Crippen LogP contribution is -2.26. The lowest BCUT2D eigenvalue weighted by Gasteiger charge is -2.33. The van der Waals surface area contributed by atoms with Crippen LogP contribution in [0.3, 0.4) is 0 Å². The van der Waals surface area contributed by atoms with Crippen LogP contribution in [0.4, 0.5) is 28.4 Å². The van der Waals surface area contributed by atoms with E-state index in [2.05, 4.69) is 223 Å². The minimum atomic E-state index is -0.520. The van der Waals surface area contributed by atoms with Crippen molar-refractivity contribution in [2.75, 3.05) is 10.2 Å². The molecule has 2 nitrogen and oxygen atoms in total. The molecule has 0 fully saturated rings. The van der Waals surface area contributed by atoms with Gasteiger partial charge in [-0.3, -0.25) is 0 Å². The molecule has 1 spiro atoms. The molecular weight excluding hydrogens is 689 g/mol. The number of fused-ring (bicyclic) bond motifs is 13. The highest BCUT2D eigenvalue weighted by molar-refractivity contribution is 6.06. The standard InChI is InChI=1S/C55H36N2/c1-4-20-41-36(14-1)17-11-27-52(41)56-39-30-32-46-47-33-31-40(35-51(47)55(50(46)34-39)48-25-9-7-23-44(48)45-24-8-10-26-49(45)55)57(53-28-12-18-37-15-2-5-21-42(37)53)54-29-13-19-38-16-3-6-22-43(38)54/h1-35,56H. The van der Waals surface area contributed by atoms with Crippen molar-refractivity contribution in [2.24, 2.45) is 0 Å². The Kier molecular flexibility index (Phi) is 6.88. The summed E-state index contributed by atoms with van der Waals surface area (Å²) in [4.78, 5) is 2.49. The molecule has 10 aromatic carbocycles. The van der Waals surface area contributed by atoms with Crippen molar-refractivity contribution in [3.63, 3.8) is 0 Å². The number of nitrogens with one attached hydrogen (secondary N) is 1. The van der Waals surface area contributed by atoms with Crippen molar-refractivity contribution >= 4 is 60.8 Å². The van der Waals surface area contributed by atoms with E-state index in [1.54, 1.807) is 0 Å². The molecule has 0 bridgehead atoms. The van der Waals surface area contributed by atoms with Crippen LogP contribution in [0, 0.1) is 0 Å². The van der Waals surface area contributed by atoms with Crippen LogP contribution in [-0.2, 0) is 5.41 Å². The van der Waals surface area contributed by atoms with E-state index in [9.17, 15) is 0 Å². The Bertz CT molecular complexity index is 3110. The first kappa shape index (κ1) is 31.9. The van der Waals surface area contributed by atoms with E-state index >= 15 is 0 Å². The van der Waals surface area contributed by atoms with Crippen LogP contribution in [0.2, 0.25) is 0 Å². The second-order valence-electron chi connectivity index (χ2n) is 15.3. The molecule has 0 unspecified atom stereocenters. The molecule has 10 aromatic rings. The number of rotatable bonds is 5. The van der Waals surface area contributed by atoms with E-state index in [0.717, 1.165) is 28.4 Å². The zero-order chi connectivity index (χ0) is 37.5. The van der Waals surface area contributed by atoms with E-state index in [4.69, 9.17) is 0 Å². The lowest BCUT2D eigenvalue weighted by atomic mass is 9.70. The Balaban J connectivity index is 1.13. The summed E-state index contributed by atoms with van der Waals surface area (Å²) in [7, 11) is 0. The molecule has 2 aliphatic rings. The van der Waals surface area contributed by atoms with Gasteiger partial charge in [-0.1, -0.05) is 170 Å². The molecule has 57 heavy (non-hydrogen) atoms. The fourth-order valence-corrected chi connectivity index (χ4v) is 10.0. The minimum absolute atomic E-state index is 0.520. The normalized spacial score (nSPS) is 13.1. The van der Waals surface area contributed by atoms with Gasteiger partial charge in [0.05, 0.1) is 16.8 Å². The minimum Gasteiger partial charge on any atom is -0.355 e. The van der Waals surface area contributed by atoms with Gasteiger partial charge in [-0.25, -0.2) is 0 Å². The van der Waals surface area contributed by atoms with Gasteiger partial charge in [0.1, 0.15) is 0 Å². The van der Waals surface area contributed by atoms with Crippen LogP contribution in [0.25, 0.3) is 54.6 Å². The number of nitrogens with zero attached hydrogens (tertiary/aromatic N) is 1. The fraction of sp³-hybridized carbons (Fsp3) is 0.0182. The first-order chi connectivity index (χ1) is 28.3. The van der Waals surface area contributed by atoms with Crippen LogP contribution in [0.5, 0.6) is 0 Å². The van der Waals surface area contributed by atoms with Crippen molar-refractivity contribution in [3.05, 3.63) is 235 Å². The van der Waals surface area contributed by atoms with Crippen molar-refractivity contribution < 1.29 is 0 Å². The van der Waals surface area contributed by atoms with Gasteiger partial charge in [-0.05, 0) is 103 Å². The highest BCUT2D eigenvalue weighted by atomic mass is 15.1. The first-order valence-corrected chi connectivity index (χ1v) is 19.8. The Morgan fingerprint density at radius 1 is 0.333 bits per heavy atom. The molecule has 266 valence electrons. The molecule has 0 amide bonds. The van der Waals surface area contributed by atoms with Crippen LogP contribution in [0.15, 0.2) is 212 Å². The second kappa shape index (κ2) is 12.3. The predicted octanol–water partition coefficient (Wildman–Crippen LogP) is 14.7. The maximum absolute atomic E-state index is 3.86. The number of anilines is 5. The quantitative estimate of drug-likeness (QED) is 0.190. The molecule has 0 aliphatic heterocycles. The SMILES string of the molecule is c1ccc2c(c1)-c1ccccc1C21c2cc(Nc3cccc4ccccc34)ccc2-c2ccc(N(c3cccc4ccccc34)c3cccc4ccccc34)cc21. The van der Waals surface area contributed by atoms with Crippen molar-refractivity contribution in [1.82, 2.24) is 0 Å². The van der Waals surface area contributed by atoms with Gasteiger partial charge >= 0.3 is 0 Å². The molecule has 2 aliphatic carbocycles. The van der Waals surface area contributed by atoms with Gasteiger partial charge in [0.25, 0.3) is 0 Å².